The largest absolute Gasteiger partial charge is 0.447 e. The molecule has 0 saturated carbocycles. The van der Waals surface area contributed by atoms with Crippen LogP contribution in [0.3, 0.4) is 0 Å². The second kappa shape index (κ2) is 6.49. The molecule has 3 aromatic rings. The fourth-order valence-electron chi connectivity index (χ4n) is 2.28. The first kappa shape index (κ1) is 16.3. The standard InChI is InChI=1S/C17H17ClN4O2/c1-9(2)24-17(23)20-11-4-5-13(18)12(7-11)15-21-14-6-10(3)8-19-16(14)22-15/h4-9H,1-3H3,(H,20,23)(H,19,21,22). The van der Waals surface area contributed by atoms with Crippen LogP contribution in [0.4, 0.5) is 10.5 Å². The van der Waals surface area contributed by atoms with Crippen molar-refractivity contribution in [1.82, 2.24) is 15.0 Å². The van der Waals surface area contributed by atoms with Crippen molar-refractivity contribution in [2.24, 2.45) is 0 Å². The van der Waals surface area contributed by atoms with E-state index in [9.17, 15) is 4.79 Å². The number of amides is 1. The fourth-order valence-corrected chi connectivity index (χ4v) is 2.48. The monoisotopic (exact) mass is 344 g/mol. The van der Waals surface area contributed by atoms with Gasteiger partial charge < -0.3 is 9.72 Å². The zero-order valence-corrected chi connectivity index (χ0v) is 14.3. The van der Waals surface area contributed by atoms with E-state index in [1.54, 1.807) is 38.2 Å². The predicted molar refractivity (Wildman–Crippen MR) is 94.3 cm³/mol. The van der Waals surface area contributed by atoms with E-state index >= 15 is 0 Å². The van der Waals surface area contributed by atoms with Crippen molar-refractivity contribution >= 4 is 34.5 Å². The molecule has 2 aromatic heterocycles. The number of carbonyl (C=O) groups excluding carboxylic acids is 1. The third-order valence-corrected chi connectivity index (χ3v) is 3.61. The molecule has 6 nitrogen and oxygen atoms in total. The summed E-state index contributed by atoms with van der Waals surface area (Å²) in [5.41, 5.74) is 3.73. The van der Waals surface area contributed by atoms with Crippen LogP contribution in [-0.4, -0.2) is 27.1 Å². The van der Waals surface area contributed by atoms with Gasteiger partial charge in [0.15, 0.2) is 5.65 Å². The van der Waals surface area contributed by atoms with Crippen molar-refractivity contribution < 1.29 is 9.53 Å². The van der Waals surface area contributed by atoms with Gasteiger partial charge in [0.25, 0.3) is 0 Å². The number of nitrogens with one attached hydrogen (secondary N) is 2. The minimum absolute atomic E-state index is 0.193. The molecule has 7 heteroatoms. The number of hydrogen-bond acceptors (Lipinski definition) is 4. The van der Waals surface area contributed by atoms with Crippen molar-refractivity contribution in [3.05, 3.63) is 41.0 Å². The first-order valence-electron chi connectivity index (χ1n) is 7.52. The third kappa shape index (κ3) is 3.49. The Bertz CT molecular complexity index is 905. The normalized spacial score (nSPS) is 11.0. The molecule has 0 aliphatic carbocycles. The second-order valence-electron chi connectivity index (χ2n) is 5.74. The summed E-state index contributed by atoms with van der Waals surface area (Å²) in [6.45, 7) is 5.54. The number of imidazole rings is 1. The van der Waals surface area contributed by atoms with Crippen LogP contribution in [0.5, 0.6) is 0 Å². The van der Waals surface area contributed by atoms with Crippen LogP contribution in [0.25, 0.3) is 22.6 Å². The van der Waals surface area contributed by atoms with E-state index < -0.39 is 6.09 Å². The second-order valence-corrected chi connectivity index (χ2v) is 6.15. The molecule has 3 rings (SSSR count). The van der Waals surface area contributed by atoms with Gasteiger partial charge in [-0.05, 0) is 50.6 Å². The molecule has 1 amide bonds. The molecule has 0 fully saturated rings. The minimum Gasteiger partial charge on any atom is -0.447 e. The van der Waals surface area contributed by atoms with E-state index in [0.29, 0.717) is 27.7 Å². The Morgan fingerprint density at radius 2 is 2.12 bits per heavy atom. The van der Waals surface area contributed by atoms with Gasteiger partial charge in [-0.1, -0.05) is 11.6 Å². The number of halogens is 1. The van der Waals surface area contributed by atoms with Gasteiger partial charge in [-0.3, -0.25) is 5.32 Å². The zero-order valence-electron chi connectivity index (χ0n) is 13.6. The zero-order chi connectivity index (χ0) is 17.3. The molecule has 2 heterocycles. The highest BCUT2D eigenvalue weighted by atomic mass is 35.5. The first-order valence-corrected chi connectivity index (χ1v) is 7.90. The summed E-state index contributed by atoms with van der Waals surface area (Å²) in [5.74, 6) is 0.592. The van der Waals surface area contributed by atoms with Crippen molar-refractivity contribution in [2.75, 3.05) is 5.32 Å². The van der Waals surface area contributed by atoms with Crippen molar-refractivity contribution in [3.63, 3.8) is 0 Å². The van der Waals surface area contributed by atoms with Crippen LogP contribution in [0.2, 0.25) is 5.02 Å². The number of aromatic amines is 1. The lowest BCUT2D eigenvalue weighted by atomic mass is 10.2. The summed E-state index contributed by atoms with van der Waals surface area (Å²) >= 11 is 6.29. The number of aryl methyl sites for hydroxylation is 1. The van der Waals surface area contributed by atoms with Crippen molar-refractivity contribution in [2.45, 2.75) is 26.9 Å². The molecule has 0 aliphatic heterocycles. The topological polar surface area (TPSA) is 79.9 Å². The summed E-state index contributed by atoms with van der Waals surface area (Å²) in [7, 11) is 0. The summed E-state index contributed by atoms with van der Waals surface area (Å²) in [6.07, 6.45) is 1.05. The molecule has 0 atom stereocenters. The van der Waals surface area contributed by atoms with E-state index in [-0.39, 0.29) is 6.10 Å². The lowest BCUT2D eigenvalue weighted by molar-refractivity contribution is 0.130. The quantitative estimate of drug-likeness (QED) is 0.730. The number of benzene rings is 1. The van der Waals surface area contributed by atoms with Gasteiger partial charge in [-0.25, -0.2) is 14.8 Å². The van der Waals surface area contributed by atoms with E-state index in [4.69, 9.17) is 16.3 Å². The Hall–Kier alpha value is -2.60. The highest BCUT2D eigenvalue weighted by Gasteiger charge is 2.12. The lowest BCUT2D eigenvalue weighted by Crippen LogP contribution is -2.17. The lowest BCUT2D eigenvalue weighted by Gasteiger charge is -2.10. The molecule has 124 valence electrons. The highest BCUT2D eigenvalue weighted by Crippen LogP contribution is 2.30. The smallest absolute Gasteiger partial charge is 0.411 e. The molecular formula is C17H17ClN4O2. The third-order valence-electron chi connectivity index (χ3n) is 3.28. The maximum Gasteiger partial charge on any atom is 0.411 e. The van der Waals surface area contributed by atoms with E-state index in [0.717, 1.165) is 11.1 Å². The predicted octanol–water partition coefficient (Wildman–Crippen LogP) is 4.54. The van der Waals surface area contributed by atoms with Crippen LogP contribution in [0.15, 0.2) is 30.5 Å². The van der Waals surface area contributed by atoms with Gasteiger partial charge in [0.2, 0.25) is 0 Å². The number of hydrogen-bond donors (Lipinski definition) is 2. The molecule has 0 aliphatic rings. The Morgan fingerprint density at radius 1 is 1.33 bits per heavy atom. The fraction of sp³-hybridized carbons (Fsp3) is 0.235. The maximum atomic E-state index is 11.7. The van der Waals surface area contributed by atoms with Crippen LogP contribution in [-0.2, 0) is 4.74 Å². The summed E-state index contributed by atoms with van der Waals surface area (Å²) in [6, 6.07) is 7.12. The van der Waals surface area contributed by atoms with Crippen molar-refractivity contribution in [1.29, 1.82) is 0 Å². The Balaban J connectivity index is 1.94. The van der Waals surface area contributed by atoms with Gasteiger partial charge in [-0.15, -0.1) is 0 Å². The molecule has 0 spiro atoms. The number of nitrogens with zero attached hydrogens (tertiary/aromatic N) is 2. The molecule has 0 saturated heterocycles. The highest BCUT2D eigenvalue weighted by molar-refractivity contribution is 6.33. The van der Waals surface area contributed by atoms with E-state index in [1.807, 2.05) is 13.0 Å². The van der Waals surface area contributed by atoms with Crippen molar-refractivity contribution in [3.8, 4) is 11.4 Å². The number of aromatic nitrogens is 3. The Labute approximate surface area is 144 Å². The number of pyridine rings is 1. The number of fused-ring (bicyclic) bond motifs is 1. The van der Waals surface area contributed by atoms with E-state index in [1.165, 1.54) is 0 Å². The van der Waals surface area contributed by atoms with Gasteiger partial charge in [0.1, 0.15) is 5.82 Å². The van der Waals surface area contributed by atoms with E-state index in [2.05, 4.69) is 20.3 Å². The van der Waals surface area contributed by atoms with Crippen LogP contribution in [0, 0.1) is 6.92 Å². The maximum absolute atomic E-state index is 11.7. The average molecular weight is 345 g/mol. The molecular weight excluding hydrogens is 328 g/mol. The number of ether oxygens (including phenoxy) is 1. The summed E-state index contributed by atoms with van der Waals surface area (Å²) in [5, 5.41) is 3.20. The first-order chi connectivity index (χ1) is 11.4. The molecule has 24 heavy (non-hydrogen) atoms. The van der Waals surface area contributed by atoms with Crippen LogP contribution >= 0.6 is 11.6 Å². The number of anilines is 1. The SMILES string of the molecule is Cc1cnc2nc(-c3cc(NC(=O)OC(C)C)ccc3Cl)[nH]c2c1. The molecule has 0 unspecified atom stereocenters. The van der Waals surface area contributed by atoms with Gasteiger partial charge >= 0.3 is 6.09 Å². The minimum atomic E-state index is -0.514. The van der Waals surface area contributed by atoms with Gasteiger partial charge in [0, 0.05) is 17.4 Å². The number of carbonyl (C=O) groups is 1. The summed E-state index contributed by atoms with van der Waals surface area (Å²) in [4.78, 5) is 23.7. The Kier molecular flexibility index (Phi) is 4.40. The average Bonchev–Trinajstić information content (AvgIpc) is 2.91. The molecule has 2 N–H and O–H groups in total. The molecule has 0 radical (unpaired) electrons. The molecule has 0 bridgehead atoms. The van der Waals surface area contributed by atoms with Crippen LogP contribution in [0.1, 0.15) is 19.4 Å². The number of H-pyrrole nitrogens is 1. The molecule has 1 aromatic carbocycles. The Morgan fingerprint density at radius 3 is 2.88 bits per heavy atom. The summed E-state index contributed by atoms with van der Waals surface area (Å²) < 4.78 is 5.07. The van der Waals surface area contributed by atoms with Gasteiger partial charge in [0.05, 0.1) is 16.6 Å². The number of rotatable bonds is 3. The van der Waals surface area contributed by atoms with Crippen LogP contribution < -0.4 is 5.32 Å². The van der Waals surface area contributed by atoms with Gasteiger partial charge in [-0.2, -0.15) is 0 Å².